The summed E-state index contributed by atoms with van der Waals surface area (Å²) < 4.78 is 11.0. The lowest BCUT2D eigenvalue weighted by molar-refractivity contribution is -0.111. The SMILES string of the molecule is COc1cc(Cl)cc2cc(/C=C/C(=O)Nc3ccccc3C)oc12. The number of benzene rings is 2. The van der Waals surface area contributed by atoms with Crippen LogP contribution in [-0.4, -0.2) is 13.0 Å². The van der Waals surface area contributed by atoms with Crippen LogP contribution in [0, 0.1) is 6.92 Å². The molecule has 1 aromatic heterocycles. The summed E-state index contributed by atoms with van der Waals surface area (Å²) in [5.74, 6) is 0.877. The molecule has 24 heavy (non-hydrogen) atoms. The molecule has 0 bridgehead atoms. The van der Waals surface area contributed by atoms with E-state index in [1.807, 2.05) is 31.2 Å². The highest BCUT2D eigenvalue weighted by atomic mass is 35.5. The lowest BCUT2D eigenvalue weighted by Crippen LogP contribution is -2.08. The van der Waals surface area contributed by atoms with Gasteiger partial charge in [0.2, 0.25) is 5.91 Å². The predicted molar refractivity (Wildman–Crippen MR) is 96.6 cm³/mol. The Morgan fingerprint density at radius 1 is 1.25 bits per heavy atom. The lowest BCUT2D eigenvalue weighted by Gasteiger charge is -2.04. The molecule has 0 aliphatic carbocycles. The standard InChI is InChI=1S/C19H16ClNO3/c1-12-5-3-4-6-16(12)21-18(22)8-7-15-10-13-9-14(20)11-17(23-2)19(13)24-15/h3-11H,1-2H3,(H,21,22)/b8-7+. The molecule has 5 heteroatoms. The van der Waals surface area contributed by atoms with Crippen LogP contribution in [0.15, 0.2) is 53.0 Å². The van der Waals surface area contributed by atoms with Crippen molar-refractivity contribution in [2.75, 3.05) is 12.4 Å². The molecule has 0 saturated carbocycles. The molecule has 0 aliphatic rings. The first-order valence-electron chi connectivity index (χ1n) is 7.38. The number of ether oxygens (including phenoxy) is 1. The number of hydrogen-bond acceptors (Lipinski definition) is 3. The summed E-state index contributed by atoms with van der Waals surface area (Å²) in [4.78, 5) is 12.0. The minimum absolute atomic E-state index is 0.227. The number of carbonyl (C=O) groups excluding carboxylic acids is 1. The predicted octanol–water partition coefficient (Wildman–Crippen LogP) is 5.06. The van der Waals surface area contributed by atoms with Crippen LogP contribution in [0.2, 0.25) is 5.02 Å². The van der Waals surface area contributed by atoms with Gasteiger partial charge in [-0.3, -0.25) is 4.79 Å². The number of rotatable bonds is 4. The van der Waals surface area contributed by atoms with E-state index in [1.165, 1.54) is 6.08 Å². The molecule has 1 N–H and O–H groups in total. The monoisotopic (exact) mass is 341 g/mol. The second kappa shape index (κ2) is 6.81. The molecule has 0 fully saturated rings. The molecule has 0 saturated heterocycles. The van der Waals surface area contributed by atoms with Gasteiger partial charge in [-0.15, -0.1) is 0 Å². The summed E-state index contributed by atoms with van der Waals surface area (Å²) in [5.41, 5.74) is 2.38. The lowest BCUT2D eigenvalue weighted by atomic mass is 10.2. The maximum absolute atomic E-state index is 12.0. The molecule has 3 rings (SSSR count). The van der Waals surface area contributed by atoms with E-state index in [1.54, 1.807) is 31.4 Å². The molecule has 2 aromatic carbocycles. The second-order valence-corrected chi connectivity index (χ2v) is 5.75. The van der Waals surface area contributed by atoms with Gasteiger partial charge in [0.15, 0.2) is 11.3 Å². The molecule has 3 aromatic rings. The van der Waals surface area contributed by atoms with Crippen molar-refractivity contribution in [3.8, 4) is 5.75 Å². The fourth-order valence-electron chi connectivity index (χ4n) is 2.38. The van der Waals surface area contributed by atoms with Crippen molar-refractivity contribution < 1.29 is 13.9 Å². The molecular formula is C19H16ClNO3. The van der Waals surface area contributed by atoms with E-state index in [9.17, 15) is 4.79 Å². The van der Waals surface area contributed by atoms with E-state index < -0.39 is 0 Å². The van der Waals surface area contributed by atoms with E-state index in [2.05, 4.69) is 5.32 Å². The Labute approximate surface area is 144 Å². The van der Waals surface area contributed by atoms with Crippen molar-refractivity contribution in [1.29, 1.82) is 0 Å². The minimum Gasteiger partial charge on any atom is -0.493 e. The number of aryl methyl sites for hydroxylation is 1. The number of halogens is 1. The third kappa shape index (κ3) is 3.44. The minimum atomic E-state index is -0.227. The van der Waals surface area contributed by atoms with Gasteiger partial charge in [-0.05, 0) is 36.8 Å². The van der Waals surface area contributed by atoms with Crippen molar-refractivity contribution >= 4 is 40.2 Å². The zero-order valence-electron chi connectivity index (χ0n) is 13.3. The normalized spacial score (nSPS) is 11.1. The van der Waals surface area contributed by atoms with Crippen LogP contribution >= 0.6 is 11.6 Å². The number of hydrogen-bond donors (Lipinski definition) is 1. The van der Waals surface area contributed by atoms with Crippen LogP contribution < -0.4 is 10.1 Å². The molecule has 122 valence electrons. The number of anilines is 1. The van der Waals surface area contributed by atoms with Gasteiger partial charge in [0, 0.05) is 28.2 Å². The number of furan rings is 1. The van der Waals surface area contributed by atoms with Gasteiger partial charge >= 0.3 is 0 Å². The van der Waals surface area contributed by atoms with E-state index >= 15 is 0 Å². The number of carbonyl (C=O) groups is 1. The van der Waals surface area contributed by atoms with E-state index in [4.69, 9.17) is 20.8 Å². The van der Waals surface area contributed by atoms with Crippen LogP contribution in [0.1, 0.15) is 11.3 Å². The topological polar surface area (TPSA) is 51.5 Å². The molecule has 0 spiro atoms. The first-order valence-corrected chi connectivity index (χ1v) is 7.76. The Morgan fingerprint density at radius 3 is 2.79 bits per heavy atom. The molecule has 0 radical (unpaired) electrons. The maximum atomic E-state index is 12.0. The number of methoxy groups -OCH3 is 1. The Kier molecular flexibility index (Phi) is 4.58. The zero-order valence-corrected chi connectivity index (χ0v) is 14.1. The van der Waals surface area contributed by atoms with E-state index in [-0.39, 0.29) is 5.91 Å². The highest BCUT2D eigenvalue weighted by molar-refractivity contribution is 6.31. The molecule has 0 atom stereocenters. The summed E-state index contributed by atoms with van der Waals surface area (Å²) in [6.07, 6.45) is 3.04. The average Bonchev–Trinajstić information content (AvgIpc) is 2.97. The number of amides is 1. The summed E-state index contributed by atoms with van der Waals surface area (Å²) in [6.45, 7) is 1.94. The van der Waals surface area contributed by atoms with Gasteiger partial charge in [-0.2, -0.15) is 0 Å². The number of para-hydroxylation sites is 1. The van der Waals surface area contributed by atoms with Gasteiger partial charge in [-0.25, -0.2) is 0 Å². The third-order valence-electron chi connectivity index (χ3n) is 3.59. The van der Waals surface area contributed by atoms with Gasteiger partial charge < -0.3 is 14.5 Å². The molecule has 4 nitrogen and oxygen atoms in total. The smallest absolute Gasteiger partial charge is 0.248 e. The highest BCUT2D eigenvalue weighted by Gasteiger charge is 2.09. The van der Waals surface area contributed by atoms with Gasteiger partial charge in [0.05, 0.1) is 7.11 Å². The second-order valence-electron chi connectivity index (χ2n) is 5.31. The molecule has 1 heterocycles. The van der Waals surface area contributed by atoms with Crippen molar-refractivity contribution in [3.63, 3.8) is 0 Å². The first kappa shape index (κ1) is 16.1. The Bertz CT molecular complexity index is 928. The van der Waals surface area contributed by atoms with Crippen molar-refractivity contribution in [2.45, 2.75) is 6.92 Å². The van der Waals surface area contributed by atoms with Crippen LogP contribution in [0.25, 0.3) is 17.0 Å². The van der Waals surface area contributed by atoms with Gasteiger partial charge in [-0.1, -0.05) is 29.8 Å². The molecule has 0 unspecified atom stereocenters. The number of nitrogens with one attached hydrogen (secondary N) is 1. The summed E-state index contributed by atoms with van der Waals surface area (Å²) in [7, 11) is 1.55. The van der Waals surface area contributed by atoms with Gasteiger partial charge in [0.25, 0.3) is 0 Å². The first-order chi connectivity index (χ1) is 11.6. The third-order valence-corrected chi connectivity index (χ3v) is 3.81. The van der Waals surface area contributed by atoms with Crippen molar-refractivity contribution in [1.82, 2.24) is 0 Å². The molecule has 0 aliphatic heterocycles. The van der Waals surface area contributed by atoms with Crippen LogP contribution in [0.5, 0.6) is 5.75 Å². The highest BCUT2D eigenvalue weighted by Crippen LogP contribution is 2.32. The summed E-state index contributed by atoms with van der Waals surface area (Å²) >= 11 is 6.04. The summed E-state index contributed by atoms with van der Waals surface area (Å²) in [5, 5.41) is 4.21. The van der Waals surface area contributed by atoms with Crippen LogP contribution in [0.3, 0.4) is 0 Å². The summed E-state index contributed by atoms with van der Waals surface area (Å²) in [6, 6.07) is 12.9. The van der Waals surface area contributed by atoms with E-state index in [0.29, 0.717) is 22.1 Å². The quantitative estimate of drug-likeness (QED) is 0.675. The van der Waals surface area contributed by atoms with Crippen LogP contribution in [-0.2, 0) is 4.79 Å². The molecular weight excluding hydrogens is 326 g/mol. The van der Waals surface area contributed by atoms with Crippen molar-refractivity contribution in [3.05, 3.63) is 64.9 Å². The Morgan fingerprint density at radius 2 is 2.04 bits per heavy atom. The fraction of sp³-hybridized carbons (Fsp3) is 0.105. The zero-order chi connectivity index (χ0) is 17.1. The van der Waals surface area contributed by atoms with Gasteiger partial charge in [0.1, 0.15) is 5.76 Å². The van der Waals surface area contributed by atoms with Crippen molar-refractivity contribution in [2.24, 2.45) is 0 Å². The average molecular weight is 342 g/mol. The Hall–Kier alpha value is -2.72. The van der Waals surface area contributed by atoms with E-state index in [0.717, 1.165) is 16.6 Å². The largest absolute Gasteiger partial charge is 0.493 e. The Balaban J connectivity index is 1.80. The number of fused-ring (bicyclic) bond motifs is 1. The van der Waals surface area contributed by atoms with Crippen LogP contribution in [0.4, 0.5) is 5.69 Å². The fourth-order valence-corrected chi connectivity index (χ4v) is 2.60. The molecule has 1 amide bonds. The maximum Gasteiger partial charge on any atom is 0.248 e.